The molecule has 2 aromatic rings. The molecule has 0 saturated carbocycles. The van der Waals surface area contributed by atoms with E-state index in [0.717, 1.165) is 11.1 Å². The van der Waals surface area contributed by atoms with E-state index < -0.39 is 73.0 Å². The highest BCUT2D eigenvalue weighted by atomic mass is 16.7. The lowest BCUT2D eigenvalue weighted by Crippen LogP contribution is -2.65. The van der Waals surface area contributed by atoms with Gasteiger partial charge in [0.1, 0.15) is 18.3 Å². The van der Waals surface area contributed by atoms with E-state index in [0.29, 0.717) is 26.1 Å². The first kappa shape index (κ1) is 39.2. The smallest absolute Gasteiger partial charge is 0.303 e. The molecule has 0 unspecified atom stereocenters. The van der Waals surface area contributed by atoms with E-state index in [1.54, 1.807) is 14.0 Å². The van der Waals surface area contributed by atoms with E-state index >= 15 is 0 Å². The number of methoxy groups -OCH3 is 1. The first-order chi connectivity index (χ1) is 24.4. The highest BCUT2D eigenvalue weighted by molar-refractivity contribution is 5.67. The molecule has 3 fully saturated rings. The van der Waals surface area contributed by atoms with Crippen LogP contribution in [0.25, 0.3) is 0 Å². The van der Waals surface area contributed by atoms with Gasteiger partial charge in [-0.3, -0.25) is 14.4 Å². The van der Waals surface area contributed by atoms with Gasteiger partial charge in [0.15, 0.2) is 25.0 Å². The largest absolute Gasteiger partial charge is 0.458 e. The van der Waals surface area contributed by atoms with Gasteiger partial charge in [0, 0.05) is 40.2 Å². The van der Waals surface area contributed by atoms with Gasteiger partial charge in [0.25, 0.3) is 0 Å². The molecule has 3 aliphatic rings. The normalized spacial score (nSPS) is 35.5. The summed E-state index contributed by atoms with van der Waals surface area (Å²) >= 11 is 0. The molecule has 0 spiro atoms. The lowest BCUT2D eigenvalue weighted by atomic mass is 9.85. The van der Waals surface area contributed by atoms with Crippen LogP contribution in [-0.2, 0) is 70.3 Å². The number of ether oxygens (including phenoxy) is 9. The molecule has 2 aromatic carbocycles. The van der Waals surface area contributed by atoms with Gasteiger partial charge in [-0.15, -0.1) is 0 Å². The van der Waals surface area contributed by atoms with E-state index in [-0.39, 0.29) is 18.6 Å². The summed E-state index contributed by atoms with van der Waals surface area (Å²) in [7, 11) is 1.62. The van der Waals surface area contributed by atoms with E-state index in [4.69, 9.17) is 47.5 Å². The number of rotatable bonds is 14. The molecule has 3 aliphatic heterocycles. The van der Waals surface area contributed by atoms with Crippen LogP contribution in [0.3, 0.4) is 0 Å². The standard InChI is InChI=1S/C38H53NO12/c1-23-35(30(18-32(42-7)45-23)43-21-28-14-10-8-11-15-28)50-34-20-38(6,39-44-22-29-16-12-9-13-17-29)37(25(3)47-34)51-33-19-31(48-26(4)40)36(24(2)46-33)49-27(5)41/h8-17,23-25,30-37,39H,18-22H2,1-7H3/t23-,24-,25-,30-,31-,32+,33-,34+,35+,36+,37-,38+/m0/s1. The maximum Gasteiger partial charge on any atom is 0.303 e. The molecule has 51 heavy (non-hydrogen) atoms. The van der Waals surface area contributed by atoms with Crippen LogP contribution < -0.4 is 5.48 Å². The molecule has 282 valence electrons. The minimum atomic E-state index is -0.860. The molecule has 3 heterocycles. The molecular weight excluding hydrogens is 662 g/mol. The fraction of sp³-hybridized carbons (Fsp3) is 0.632. The lowest BCUT2D eigenvalue weighted by molar-refractivity contribution is -0.340. The summed E-state index contributed by atoms with van der Waals surface area (Å²) < 4.78 is 55.3. The maximum absolute atomic E-state index is 12.0. The average Bonchev–Trinajstić information content (AvgIpc) is 3.08. The van der Waals surface area contributed by atoms with Crippen LogP contribution in [0, 0.1) is 0 Å². The molecule has 0 aliphatic carbocycles. The highest BCUT2D eigenvalue weighted by Crippen LogP contribution is 2.38. The zero-order valence-corrected chi connectivity index (χ0v) is 30.6. The summed E-state index contributed by atoms with van der Waals surface area (Å²) in [4.78, 5) is 30.0. The Labute approximate surface area is 300 Å². The number of esters is 2. The van der Waals surface area contributed by atoms with Crippen LogP contribution in [0.15, 0.2) is 60.7 Å². The molecular formula is C38H53NO12. The van der Waals surface area contributed by atoms with Gasteiger partial charge in [-0.25, -0.2) is 0 Å². The molecule has 0 radical (unpaired) electrons. The van der Waals surface area contributed by atoms with Gasteiger partial charge >= 0.3 is 11.9 Å². The van der Waals surface area contributed by atoms with Gasteiger partial charge in [-0.2, -0.15) is 5.48 Å². The van der Waals surface area contributed by atoms with Gasteiger partial charge in [-0.1, -0.05) is 60.7 Å². The lowest BCUT2D eigenvalue weighted by Gasteiger charge is -2.50. The SMILES string of the molecule is CO[C@H]1C[C@H](OCc2ccccc2)[C@H](O[C@@H]2C[C@@](C)(NOCc3ccccc3)[C@@H](O[C@H]3C[C@H](OC(C)=O)[C@H](OC(C)=O)[C@H](C)O3)[C@H](C)O2)[C@H](C)O1. The summed E-state index contributed by atoms with van der Waals surface area (Å²) in [6, 6.07) is 19.8. The van der Waals surface area contributed by atoms with E-state index in [1.807, 2.05) is 81.4 Å². The molecule has 1 N–H and O–H groups in total. The third-order valence-corrected chi connectivity index (χ3v) is 9.44. The Balaban J connectivity index is 1.33. The van der Waals surface area contributed by atoms with Crippen molar-refractivity contribution in [3.8, 4) is 0 Å². The van der Waals surface area contributed by atoms with Crippen molar-refractivity contribution in [1.29, 1.82) is 0 Å². The van der Waals surface area contributed by atoms with Crippen molar-refractivity contribution in [2.75, 3.05) is 7.11 Å². The van der Waals surface area contributed by atoms with Gasteiger partial charge in [0.05, 0.1) is 43.2 Å². The van der Waals surface area contributed by atoms with Crippen molar-refractivity contribution in [3.05, 3.63) is 71.8 Å². The average molecular weight is 716 g/mol. The molecule has 3 saturated heterocycles. The van der Waals surface area contributed by atoms with Crippen LogP contribution in [0.5, 0.6) is 0 Å². The number of hydrogen-bond acceptors (Lipinski definition) is 13. The quantitative estimate of drug-likeness (QED) is 0.213. The van der Waals surface area contributed by atoms with Crippen LogP contribution in [0.4, 0.5) is 0 Å². The minimum absolute atomic E-state index is 0.143. The maximum atomic E-state index is 12.0. The Morgan fingerprint density at radius 3 is 1.92 bits per heavy atom. The molecule has 12 atom stereocenters. The molecule has 0 bridgehead atoms. The Kier molecular flexibility index (Phi) is 14.0. The van der Waals surface area contributed by atoms with Crippen molar-refractivity contribution < 1.29 is 57.1 Å². The van der Waals surface area contributed by atoms with E-state index in [9.17, 15) is 9.59 Å². The van der Waals surface area contributed by atoms with Crippen molar-refractivity contribution in [3.63, 3.8) is 0 Å². The summed E-state index contributed by atoms with van der Waals surface area (Å²) in [6.45, 7) is 10.9. The summed E-state index contributed by atoms with van der Waals surface area (Å²) in [6.07, 6.45) is -5.43. The second-order valence-corrected chi connectivity index (χ2v) is 13.7. The van der Waals surface area contributed by atoms with Crippen LogP contribution >= 0.6 is 0 Å². The van der Waals surface area contributed by atoms with Gasteiger partial charge < -0.3 is 42.6 Å². The van der Waals surface area contributed by atoms with Crippen molar-refractivity contribution in [2.24, 2.45) is 0 Å². The molecule has 13 nitrogen and oxygen atoms in total. The van der Waals surface area contributed by atoms with E-state index in [1.165, 1.54) is 13.8 Å². The van der Waals surface area contributed by atoms with Crippen LogP contribution in [-0.4, -0.2) is 92.3 Å². The zero-order valence-electron chi connectivity index (χ0n) is 30.6. The van der Waals surface area contributed by atoms with Crippen molar-refractivity contribution >= 4 is 11.9 Å². The second-order valence-electron chi connectivity index (χ2n) is 13.7. The third kappa shape index (κ3) is 10.8. The first-order valence-corrected chi connectivity index (χ1v) is 17.7. The number of nitrogens with one attached hydrogen (secondary N) is 1. The summed E-state index contributed by atoms with van der Waals surface area (Å²) in [5.74, 6) is -0.994. The highest BCUT2D eigenvalue weighted by Gasteiger charge is 2.52. The zero-order chi connectivity index (χ0) is 36.5. The molecule has 0 amide bonds. The fourth-order valence-corrected chi connectivity index (χ4v) is 7.04. The van der Waals surface area contributed by atoms with Crippen molar-refractivity contribution in [2.45, 2.75) is 147 Å². The predicted octanol–water partition coefficient (Wildman–Crippen LogP) is 4.74. The first-order valence-electron chi connectivity index (χ1n) is 17.7. The van der Waals surface area contributed by atoms with Gasteiger partial charge in [0.2, 0.25) is 0 Å². The molecule has 5 rings (SSSR count). The van der Waals surface area contributed by atoms with E-state index in [2.05, 4.69) is 5.48 Å². The third-order valence-electron chi connectivity index (χ3n) is 9.44. The summed E-state index contributed by atoms with van der Waals surface area (Å²) in [5.41, 5.74) is 4.46. The number of carbonyl (C=O) groups is 2. The van der Waals surface area contributed by atoms with Crippen LogP contribution in [0.1, 0.15) is 71.9 Å². The second kappa shape index (κ2) is 18.2. The number of carbonyl (C=O) groups excluding carboxylic acids is 2. The predicted molar refractivity (Wildman–Crippen MR) is 183 cm³/mol. The summed E-state index contributed by atoms with van der Waals surface area (Å²) in [5, 5.41) is 0. The fourth-order valence-electron chi connectivity index (χ4n) is 7.04. The van der Waals surface area contributed by atoms with Gasteiger partial charge in [-0.05, 0) is 38.8 Å². The Morgan fingerprint density at radius 2 is 1.29 bits per heavy atom. The number of hydrogen-bond donors (Lipinski definition) is 1. The number of benzene rings is 2. The minimum Gasteiger partial charge on any atom is -0.458 e. The Hall–Kier alpha value is -2.98. The van der Waals surface area contributed by atoms with Crippen LogP contribution in [0.2, 0.25) is 0 Å². The molecule has 13 heteroatoms. The topological polar surface area (TPSA) is 138 Å². The monoisotopic (exact) mass is 715 g/mol. The Morgan fingerprint density at radius 1 is 0.725 bits per heavy atom. The molecule has 0 aromatic heterocycles. The Bertz CT molecular complexity index is 1380. The van der Waals surface area contributed by atoms with Crippen molar-refractivity contribution in [1.82, 2.24) is 5.48 Å². The number of hydroxylamine groups is 1.